The van der Waals surface area contributed by atoms with Gasteiger partial charge in [-0.05, 0) is 32.7 Å². The third-order valence-electron chi connectivity index (χ3n) is 18.6. The number of rotatable bonds is 50. The number of aromatic nitrogens is 12. The minimum absolute atomic E-state index is 0.0132. The number of Topliss-reactive ketones (excluding diaryl/α,β-unsaturated/α-hetero) is 1. The van der Waals surface area contributed by atoms with Gasteiger partial charge in [-0.25, -0.2) is 18.7 Å². The van der Waals surface area contributed by atoms with Crippen molar-refractivity contribution >= 4 is 35.2 Å². The molecule has 0 bridgehead atoms. The number of hydrogen-bond acceptors (Lipinski definition) is 39. The van der Waals surface area contributed by atoms with Crippen LogP contribution in [0.1, 0.15) is 71.0 Å². The largest absolute Gasteiger partial charge is 0.394 e. The van der Waals surface area contributed by atoms with Gasteiger partial charge in [-0.3, -0.25) is 28.9 Å². The Morgan fingerprint density at radius 3 is 0.982 bits per heavy atom. The zero-order valence-electron chi connectivity index (χ0n) is 63.6. The maximum atomic E-state index is 14.0. The van der Waals surface area contributed by atoms with Crippen molar-refractivity contribution in [3.05, 3.63) is 41.9 Å². The molecule has 0 spiro atoms. The second-order valence-electron chi connectivity index (χ2n) is 27.4. The van der Waals surface area contributed by atoms with Crippen molar-refractivity contribution in [3.8, 4) is 0 Å². The lowest BCUT2D eigenvalue weighted by atomic mass is 9.97. The number of unbranched alkanes of at least 4 members (excludes halogenated alkanes) is 1. The Morgan fingerprint density at radius 2 is 0.690 bits per heavy atom. The lowest BCUT2D eigenvalue weighted by Gasteiger charge is -2.42. The molecule has 0 aromatic carbocycles. The van der Waals surface area contributed by atoms with E-state index in [9.17, 15) is 85.3 Å². The van der Waals surface area contributed by atoms with Crippen LogP contribution in [0.3, 0.4) is 0 Å². The van der Waals surface area contributed by atoms with Gasteiger partial charge >= 0.3 is 0 Å². The molecule has 47 nitrogen and oxygen atoms in total. The Morgan fingerprint density at radius 1 is 0.398 bits per heavy atom. The molecule has 4 saturated heterocycles. The molecule has 21 atom stereocenters. The van der Waals surface area contributed by atoms with E-state index in [4.69, 9.17) is 56.8 Å². The molecule has 8 heterocycles. The maximum Gasteiger partial charge on any atom is 0.217 e. The van der Waals surface area contributed by atoms with Gasteiger partial charge in [0.1, 0.15) is 103 Å². The molecule has 0 aliphatic carbocycles. The van der Waals surface area contributed by atoms with Gasteiger partial charge in [0.15, 0.2) is 36.8 Å². The predicted molar refractivity (Wildman–Crippen MR) is 377 cm³/mol. The van der Waals surface area contributed by atoms with E-state index in [1.807, 2.05) is 0 Å². The number of ketones is 1. The van der Waals surface area contributed by atoms with E-state index in [2.05, 4.69) is 67.4 Å². The van der Waals surface area contributed by atoms with Crippen molar-refractivity contribution in [1.29, 1.82) is 0 Å². The monoisotopic (exact) mass is 1620 g/mol. The van der Waals surface area contributed by atoms with Gasteiger partial charge in [0, 0.05) is 53.2 Å². The fourth-order valence-electron chi connectivity index (χ4n) is 12.9. The topological polar surface area (TPSA) is 616 Å². The van der Waals surface area contributed by atoms with E-state index < -0.39 is 179 Å². The molecule has 638 valence electrons. The summed E-state index contributed by atoms with van der Waals surface area (Å²) in [5.41, 5.74) is 1.63. The summed E-state index contributed by atoms with van der Waals surface area (Å²) < 4.78 is 75.1. The lowest BCUT2D eigenvalue weighted by Crippen LogP contribution is -2.64. The normalized spacial score (nSPS) is 28.3. The molecular weight excluding hydrogens is 1510 g/mol. The van der Waals surface area contributed by atoms with Gasteiger partial charge in [0.25, 0.3) is 0 Å². The molecule has 0 saturated carbocycles. The third kappa shape index (κ3) is 27.8. The van der Waals surface area contributed by atoms with Crippen LogP contribution in [0.4, 0.5) is 5.82 Å². The van der Waals surface area contributed by atoms with Gasteiger partial charge in [0.2, 0.25) is 23.6 Å². The molecule has 4 aromatic rings. The maximum absolute atomic E-state index is 14.0. The summed E-state index contributed by atoms with van der Waals surface area (Å²) in [6, 6.07) is -5.30. The average Bonchev–Trinajstić information content (AvgIpc) is 1.70. The summed E-state index contributed by atoms with van der Waals surface area (Å²) in [5.74, 6) is -1.89. The summed E-state index contributed by atoms with van der Waals surface area (Å²) in [4.78, 5) is 65.5. The first-order valence-corrected chi connectivity index (χ1v) is 37.2. The molecule has 4 aliphatic heterocycles. The van der Waals surface area contributed by atoms with Crippen LogP contribution in [0.5, 0.6) is 0 Å². The highest BCUT2D eigenvalue weighted by Gasteiger charge is 2.49. The number of ether oxygens (including phenoxy) is 12. The molecule has 8 rings (SSSR count). The quantitative estimate of drug-likeness (QED) is 0.0183. The van der Waals surface area contributed by atoms with Gasteiger partial charge in [0.05, 0.1) is 168 Å². The van der Waals surface area contributed by atoms with Crippen LogP contribution < -0.4 is 26.2 Å². The van der Waals surface area contributed by atoms with Crippen LogP contribution in [-0.2, 0) is 127 Å². The van der Waals surface area contributed by atoms with Crippen molar-refractivity contribution in [2.24, 2.45) is 0 Å². The summed E-state index contributed by atoms with van der Waals surface area (Å²) in [6.45, 7) is 6.44. The van der Waals surface area contributed by atoms with Gasteiger partial charge in [-0.15, -0.1) is 20.4 Å². The highest BCUT2D eigenvalue weighted by atomic mass is 16.7. The van der Waals surface area contributed by atoms with Crippen molar-refractivity contribution in [2.75, 3.05) is 117 Å². The summed E-state index contributed by atoms with van der Waals surface area (Å²) in [5, 5.41) is 168. The van der Waals surface area contributed by atoms with Crippen molar-refractivity contribution in [3.63, 3.8) is 0 Å². The number of nitrogens with zero attached hydrogens (tertiary/aromatic N) is 14. The minimum Gasteiger partial charge on any atom is -0.394 e. The second-order valence-corrected chi connectivity index (χ2v) is 27.4. The highest BCUT2D eigenvalue weighted by Crippen LogP contribution is 2.28. The molecule has 113 heavy (non-hydrogen) atoms. The highest BCUT2D eigenvalue weighted by molar-refractivity contribution is 5.84. The molecule has 4 aromatic heterocycles. The van der Waals surface area contributed by atoms with Gasteiger partial charge < -0.3 is 144 Å². The summed E-state index contributed by atoms with van der Waals surface area (Å²) in [7, 11) is 0. The Hall–Kier alpha value is -7.09. The van der Waals surface area contributed by atoms with E-state index >= 15 is 0 Å². The number of anilines is 1. The van der Waals surface area contributed by atoms with Crippen LogP contribution in [0.2, 0.25) is 0 Å². The Bertz CT molecular complexity index is 3370. The fourth-order valence-corrected chi connectivity index (χ4v) is 12.9. The Balaban J connectivity index is 0.902. The third-order valence-corrected chi connectivity index (χ3v) is 18.6. The van der Waals surface area contributed by atoms with E-state index in [0.717, 1.165) is 0 Å². The fraction of sp³-hybridized carbons (Fsp3) is 0.803. The van der Waals surface area contributed by atoms with Crippen LogP contribution in [0, 0.1) is 0 Å². The van der Waals surface area contributed by atoms with Gasteiger partial charge in [-0.1, -0.05) is 20.9 Å². The second kappa shape index (κ2) is 46.6. The average molecular weight is 1620 g/mol. The number of hydrogen-bond donors (Lipinski definition) is 16. The van der Waals surface area contributed by atoms with Crippen LogP contribution >= 0.6 is 0 Å². The molecule has 4 aliphatic rings. The molecule has 47 heteroatoms. The number of amides is 4. The molecule has 16 N–H and O–H groups in total. The minimum atomic E-state index is -1.50. The number of nitrogens with one attached hydrogen (secondary N) is 4. The first-order valence-electron chi connectivity index (χ1n) is 37.2. The summed E-state index contributed by atoms with van der Waals surface area (Å²) in [6.07, 6.45) is -13.1. The molecule has 4 fully saturated rings. The number of aliphatic hydroxyl groups is 12. The standard InChI is InChI=1S/C66H110N18O29/c1-37(89)45(84(50-32-83(78-74-50)13-17-105-21-25-109-66-54(70-41(5)93)62(101)58(97)49(36-88)113-66)31-44-30-82(77-73-44)12-16-104-20-24-108-65-53(69-40(4)92)61(100)57(96)48(35-87)112-65)8-6-7-9-79(26-42-28-80(75-71-42)10-14-102-18-22-106-63-51(67-38(2)90)59(98)55(94)46(33-85)110-63)27-43-29-81(76-72-43)11-15-103-19-23-107-64-52(68-39(3)91)60(99)56(95)47(34-86)111-64/h28-30,32,45-49,51-66,85-88,94-101H,6-27,31,33-36H2,1-5H3,(H,67,90)(H,68,91)(H,69,92)(H,70,93)/t45-,46-,47-,48-,49-,51-,52-,53-,54-,55+,56+,57+,58+,59-,60-,61-,62-,63-,64-,65-,66-/m1/s1. The number of carbonyl (C=O) groups is 5. The van der Waals surface area contributed by atoms with E-state index in [-0.39, 0.29) is 131 Å². The van der Waals surface area contributed by atoms with Crippen molar-refractivity contribution in [2.45, 2.75) is 228 Å². The first kappa shape index (κ1) is 91.4. The number of carbonyl (C=O) groups excluding carboxylic acids is 5. The predicted octanol–water partition coefficient (Wildman–Crippen LogP) is -10.2. The lowest BCUT2D eigenvalue weighted by molar-refractivity contribution is -0.272. The molecular formula is C66H110N18O29. The Labute approximate surface area is 648 Å². The van der Waals surface area contributed by atoms with Gasteiger partial charge in [-0.2, -0.15) is 0 Å². The van der Waals surface area contributed by atoms with E-state index in [1.165, 1.54) is 39.3 Å². The van der Waals surface area contributed by atoms with E-state index in [1.54, 1.807) is 43.7 Å². The smallest absolute Gasteiger partial charge is 0.217 e. The number of aliphatic hydroxyl groups excluding tert-OH is 12. The zero-order valence-corrected chi connectivity index (χ0v) is 63.6. The van der Waals surface area contributed by atoms with Crippen LogP contribution in [-0.4, -0.2) is 396 Å². The SMILES string of the molecule is CC(=O)N[C@H]1[C@H](OCCOCCn2cc(CN(CCCC[C@H](C(C)=O)N(Cc3cn(CCOCCO[C@@H]4O[C@H](CO)[C@H](O)[C@H](O)[C@H]4NC(C)=O)nn3)c3cn(CCOCCO[C@@H]4O[C@H](CO)[C@H](O)[C@H](O)[C@H]4NC(C)=O)nn3)Cc3cn(CCOCCO[C@@H]4O[C@H](CO)[C@H](O)[C@H](O)[C@H]4NC(C)=O)nn3)nn2)O[C@H](CO)[C@H](O)[C@@H]1O. The molecule has 0 radical (unpaired) electrons. The Kier molecular flexibility index (Phi) is 37.7. The summed E-state index contributed by atoms with van der Waals surface area (Å²) >= 11 is 0. The van der Waals surface area contributed by atoms with Crippen LogP contribution in [0.25, 0.3) is 0 Å². The first-order chi connectivity index (χ1) is 54.3. The molecule has 4 amide bonds. The van der Waals surface area contributed by atoms with Crippen LogP contribution in [0.15, 0.2) is 24.8 Å². The van der Waals surface area contributed by atoms with Crippen molar-refractivity contribution < 1.29 is 142 Å². The van der Waals surface area contributed by atoms with Crippen molar-refractivity contribution in [1.82, 2.24) is 86.1 Å². The molecule has 0 unspecified atom stereocenters. The zero-order chi connectivity index (χ0) is 81.7. The van der Waals surface area contributed by atoms with E-state index in [0.29, 0.717) is 48.7 Å².